The van der Waals surface area contributed by atoms with E-state index >= 15 is 0 Å². The summed E-state index contributed by atoms with van der Waals surface area (Å²) >= 11 is 1.42. The lowest BCUT2D eigenvalue weighted by molar-refractivity contribution is 0.0596. The summed E-state index contributed by atoms with van der Waals surface area (Å²) < 4.78 is 4.82. The Bertz CT molecular complexity index is 757. The number of pyridine rings is 2. The number of rotatable bonds is 3. The van der Waals surface area contributed by atoms with Crippen LogP contribution < -0.4 is 0 Å². The van der Waals surface area contributed by atoms with Gasteiger partial charge in [0.1, 0.15) is 5.01 Å². The van der Waals surface area contributed by atoms with Crippen molar-refractivity contribution in [3.8, 4) is 21.0 Å². The van der Waals surface area contributed by atoms with E-state index in [0.717, 1.165) is 21.0 Å². The van der Waals surface area contributed by atoms with Crippen LogP contribution in [0.5, 0.6) is 0 Å². The van der Waals surface area contributed by atoms with E-state index in [0.29, 0.717) is 5.69 Å². The van der Waals surface area contributed by atoms with Crippen LogP contribution >= 0.6 is 11.3 Å². The summed E-state index contributed by atoms with van der Waals surface area (Å²) in [6.45, 7) is 0. The van der Waals surface area contributed by atoms with E-state index in [1.165, 1.54) is 18.4 Å². The first-order valence-electron chi connectivity index (χ1n) is 6.19. The fourth-order valence-corrected chi connectivity index (χ4v) is 2.89. The number of thiazole rings is 1. The molecule has 0 spiro atoms. The quantitative estimate of drug-likeness (QED) is 0.695. The summed E-state index contributed by atoms with van der Waals surface area (Å²) in [4.78, 5) is 25.2. The molecule has 104 valence electrons. The number of hydrogen-bond donors (Lipinski definition) is 0. The summed E-state index contributed by atoms with van der Waals surface area (Å²) in [7, 11) is 1.35. The molecular formula is C15H11N3O2S. The predicted molar refractivity (Wildman–Crippen MR) is 79.9 cm³/mol. The second-order valence-electron chi connectivity index (χ2n) is 4.17. The van der Waals surface area contributed by atoms with Crippen molar-refractivity contribution in [3.63, 3.8) is 0 Å². The third-order valence-electron chi connectivity index (χ3n) is 2.84. The number of ether oxygens (including phenoxy) is 1. The Morgan fingerprint density at radius 3 is 2.33 bits per heavy atom. The molecule has 0 aliphatic heterocycles. The lowest BCUT2D eigenvalue weighted by atomic mass is 10.2. The molecule has 21 heavy (non-hydrogen) atoms. The van der Waals surface area contributed by atoms with Crippen LogP contribution in [0.4, 0.5) is 0 Å². The van der Waals surface area contributed by atoms with Crippen LogP contribution in [0.25, 0.3) is 21.0 Å². The highest BCUT2D eigenvalue weighted by molar-refractivity contribution is 7.18. The number of nitrogens with zero attached hydrogens (tertiary/aromatic N) is 3. The van der Waals surface area contributed by atoms with Crippen LogP contribution in [0.1, 0.15) is 10.5 Å². The fourth-order valence-electron chi connectivity index (χ4n) is 1.86. The summed E-state index contributed by atoms with van der Waals surface area (Å²) in [6, 6.07) is 7.44. The van der Waals surface area contributed by atoms with Crippen LogP contribution in [-0.4, -0.2) is 28.0 Å². The Kier molecular flexibility index (Phi) is 3.70. The first kappa shape index (κ1) is 13.4. The monoisotopic (exact) mass is 297 g/mol. The zero-order chi connectivity index (χ0) is 14.7. The third kappa shape index (κ3) is 2.66. The highest BCUT2D eigenvalue weighted by Gasteiger charge is 2.20. The Hall–Kier alpha value is -2.60. The smallest absolute Gasteiger partial charge is 0.358 e. The molecule has 0 radical (unpaired) electrons. The number of carbonyl (C=O) groups excluding carboxylic acids is 1. The van der Waals surface area contributed by atoms with Crippen molar-refractivity contribution in [2.75, 3.05) is 7.11 Å². The maximum atomic E-state index is 11.9. The van der Waals surface area contributed by atoms with Crippen molar-refractivity contribution in [2.24, 2.45) is 0 Å². The second kappa shape index (κ2) is 5.80. The van der Waals surface area contributed by atoms with E-state index < -0.39 is 5.97 Å². The van der Waals surface area contributed by atoms with Gasteiger partial charge < -0.3 is 4.74 Å². The molecule has 0 aromatic carbocycles. The minimum Gasteiger partial charge on any atom is -0.464 e. The van der Waals surface area contributed by atoms with Gasteiger partial charge >= 0.3 is 5.97 Å². The van der Waals surface area contributed by atoms with E-state index in [4.69, 9.17) is 4.74 Å². The van der Waals surface area contributed by atoms with Gasteiger partial charge in [0.2, 0.25) is 0 Å². The van der Waals surface area contributed by atoms with Gasteiger partial charge in [0.25, 0.3) is 0 Å². The van der Waals surface area contributed by atoms with Crippen molar-refractivity contribution in [1.29, 1.82) is 0 Å². The second-order valence-corrected chi connectivity index (χ2v) is 5.17. The zero-order valence-corrected chi connectivity index (χ0v) is 12.0. The van der Waals surface area contributed by atoms with Gasteiger partial charge in [0.05, 0.1) is 12.0 Å². The molecule has 0 fully saturated rings. The highest BCUT2D eigenvalue weighted by Crippen LogP contribution is 2.35. The Balaban J connectivity index is 2.14. The standard InChI is InChI=1S/C15H11N3O2S/c1-20-15(19)12-13(10-4-2-6-16-8-10)21-14(18-12)11-5-3-7-17-9-11/h2-9H,1H3. The molecule has 0 atom stereocenters. The van der Waals surface area contributed by atoms with Crippen LogP contribution in [0.2, 0.25) is 0 Å². The maximum absolute atomic E-state index is 11.9. The molecule has 0 N–H and O–H groups in total. The molecule has 3 aromatic heterocycles. The fraction of sp³-hybridized carbons (Fsp3) is 0.0667. The minimum atomic E-state index is -0.458. The van der Waals surface area contributed by atoms with Gasteiger partial charge in [-0.25, -0.2) is 9.78 Å². The topological polar surface area (TPSA) is 65.0 Å². The lowest BCUT2D eigenvalue weighted by Crippen LogP contribution is -2.03. The van der Waals surface area contributed by atoms with Crippen molar-refractivity contribution in [2.45, 2.75) is 0 Å². The molecule has 0 aliphatic carbocycles. The minimum absolute atomic E-state index is 0.300. The average Bonchev–Trinajstić information content (AvgIpc) is 3.01. The van der Waals surface area contributed by atoms with Gasteiger partial charge in [0, 0.05) is 35.9 Å². The molecule has 3 heterocycles. The first-order chi connectivity index (χ1) is 10.3. The highest BCUT2D eigenvalue weighted by atomic mass is 32.1. The molecular weight excluding hydrogens is 286 g/mol. The number of carbonyl (C=O) groups is 1. The van der Waals surface area contributed by atoms with E-state index in [-0.39, 0.29) is 0 Å². The number of aromatic nitrogens is 3. The van der Waals surface area contributed by atoms with E-state index in [1.807, 2.05) is 24.3 Å². The van der Waals surface area contributed by atoms with Gasteiger partial charge in [-0.2, -0.15) is 0 Å². The number of hydrogen-bond acceptors (Lipinski definition) is 6. The van der Waals surface area contributed by atoms with Crippen molar-refractivity contribution >= 4 is 17.3 Å². The summed E-state index contributed by atoms with van der Waals surface area (Å²) in [6.07, 6.45) is 6.80. The molecule has 0 saturated heterocycles. The Morgan fingerprint density at radius 1 is 1.10 bits per heavy atom. The van der Waals surface area contributed by atoms with Gasteiger partial charge in [-0.1, -0.05) is 6.07 Å². The summed E-state index contributed by atoms with van der Waals surface area (Å²) in [5, 5.41) is 0.724. The average molecular weight is 297 g/mol. The van der Waals surface area contributed by atoms with E-state index in [2.05, 4.69) is 15.0 Å². The normalized spacial score (nSPS) is 10.3. The molecule has 6 heteroatoms. The molecule has 0 unspecified atom stereocenters. The van der Waals surface area contributed by atoms with Crippen LogP contribution in [0.3, 0.4) is 0 Å². The molecule has 0 amide bonds. The molecule has 0 aliphatic rings. The maximum Gasteiger partial charge on any atom is 0.358 e. The first-order valence-corrected chi connectivity index (χ1v) is 7.01. The molecule has 5 nitrogen and oxygen atoms in total. The predicted octanol–water partition coefficient (Wildman–Crippen LogP) is 3.05. The SMILES string of the molecule is COC(=O)c1nc(-c2cccnc2)sc1-c1cccnc1. The van der Waals surface area contributed by atoms with Gasteiger partial charge in [-0.05, 0) is 18.2 Å². The Morgan fingerprint density at radius 2 is 1.76 bits per heavy atom. The van der Waals surface area contributed by atoms with Crippen LogP contribution in [-0.2, 0) is 4.74 Å². The lowest BCUT2D eigenvalue weighted by Gasteiger charge is -1.99. The molecule has 0 bridgehead atoms. The van der Waals surface area contributed by atoms with Crippen LogP contribution in [0, 0.1) is 0 Å². The largest absolute Gasteiger partial charge is 0.464 e. The van der Waals surface area contributed by atoms with Gasteiger partial charge in [0.15, 0.2) is 5.69 Å². The number of esters is 1. The molecule has 0 saturated carbocycles. The molecule has 3 aromatic rings. The van der Waals surface area contributed by atoms with Crippen LogP contribution in [0.15, 0.2) is 49.1 Å². The third-order valence-corrected chi connectivity index (χ3v) is 3.99. The van der Waals surface area contributed by atoms with Gasteiger partial charge in [-0.3, -0.25) is 9.97 Å². The van der Waals surface area contributed by atoms with Crippen molar-refractivity contribution in [3.05, 3.63) is 54.7 Å². The Labute approximate surface area is 125 Å². The summed E-state index contributed by atoms with van der Waals surface area (Å²) in [5.41, 5.74) is 2.00. The van der Waals surface area contributed by atoms with Crippen molar-refractivity contribution < 1.29 is 9.53 Å². The number of methoxy groups -OCH3 is 1. The van der Waals surface area contributed by atoms with Gasteiger partial charge in [-0.15, -0.1) is 11.3 Å². The zero-order valence-electron chi connectivity index (χ0n) is 11.2. The van der Waals surface area contributed by atoms with E-state index in [9.17, 15) is 4.79 Å². The van der Waals surface area contributed by atoms with Crippen molar-refractivity contribution in [1.82, 2.24) is 15.0 Å². The van der Waals surface area contributed by atoms with E-state index in [1.54, 1.807) is 24.8 Å². The summed E-state index contributed by atoms with van der Waals surface area (Å²) in [5.74, 6) is -0.458. The molecule has 3 rings (SSSR count).